The van der Waals surface area contributed by atoms with E-state index in [9.17, 15) is 0 Å². The molecule has 1 aliphatic heterocycles. The molecule has 1 aromatic carbocycles. The molecule has 2 N–H and O–H groups in total. The van der Waals surface area contributed by atoms with E-state index in [2.05, 4.69) is 18.8 Å². The van der Waals surface area contributed by atoms with E-state index in [0.29, 0.717) is 19.1 Å². The van der Waals surface area contributed by atoms with Gasteiger partial charge in [-0.1, -0.05) is 13.8 Å². The highest BCUT2D eigenvalue weighted by atomic mass is 16.5. The number of pyridine rings is 1. The number of hydrogen-bond acceptors (Lipinski definition) is 4. The van der Waals surface area contributed by atoms with Crippen LogP contribution >= 0.6 is 0 Å². The van der Waals surface area contributed by atoms with E-state index < -0.39 is 0 Å². The zero-order valence-electron chi connectivity index (χ0n) is 13.1. The van der Waals surface area contributed by atoms with Gasteiger partial charge in [0.15, 0.2) is 0 Å². The molecule has 2 aromatic rings. The Morgan fingerprint density at radius 1 is 1.27 bits per heavy atom. The smallest absolute Gasteiger partial charge is 0.131 e. The van der Waals surface area contributed by atoms with Gasteiger partial charge in [0.25, 0.3) is 0 Å². The number of hydrogen-bond donors (Lipinski definition) is 1. The van der Waals surface area contributed by atoms with Crippen LogP contribution in [-0.2, 0) is 6.61 Å². The highest BCUT2D eigenvalue weighted by Gasteiger charge is 2.18. The first kappa shape index (κ1) is 14.9. The van der Waals surface area contributed by atoms with Crippen LogP contribution in [0.4, 0.5) is 0 Å². The Morgan fingerprint density at radius 2 is 2.14 bits per heavy atom. The van der Waals surface area contributed by atoms with Gasteiger partial charge in [0.2, 0.25) is 0 Å². The summed E-state index contributed by atoms with van der Waals surface area (Å²) in [7, 11) is 0. The number of rotatable bonds is 5. The molecule has 0 saturated carbocycles. The van der Waals surface area contributed by atoms with Crippen molar-refractivity contribution in [3.63, 3.8) is 0 Å². The first-order valence-corrected chi connectivity index (χ1v) is 7.72. The summed E-state index contributed by atoms with van der Waals surface area (Å²) in [6, 6.07) is 8.04. The lowest BCUT2D eigenvalue weighted by atomic mass is 9.99. The molecule has 4 nitrogen and oxygen atoms in total. The topological polar surface area (TPSA) is 57.4 Å². The van der Waals surface area contributed by atoms with Crippen LogP contribution in [0.2, 0.25) is 0 Å². The molecule has 0 saturated heterocycles. The molecule has 1 aliphatic rings. The SMILES string of the molecule is CC(C)CC(N)COc1ccc2c(c1)OCc1cnccc1-2. The van der Waals surface area contributed by atoms with Crippen molar-refractivity contribution in [2.24, 2.45) is 11.7 Å². The Hall–Kier alpha value is -2.07. The molecule has 22 heavy (non-hydrogen) atoms. The molecule has 0 spiro atoms. The minimum Gasteiger partial charge on any atom is -0.492 e. The van der Waals surface area contributed by atoms with E-state index in [0.717, 1.165) is 29.0 Å². The van der Waals surface area contributed by atoms with E-state index in [1.165, 1.54) is 5.56 Å². The zero-order chi connectivity index (χ0) is 15.5. The fraction of sp³-hybridized carbons (Fsp3) is 0.389. The van der Waals surface area contributed by atoms with Crippen molar-refractivity contribution in [2.45, 2.75) is 32.9 Å². The van der Waals surface area contributed by atoms with Gasteiger partial charge < -0.3 is 15.2 Å². The standard InChI is InChI=1S/C18H22N2O2/c1-12(2)7-14(19)11-21-15-3-4-17-16-5-6-20-9-13(16)10-22-18(17)8-15/h3-6,8-9,12,14H,7,10-11,19H2,1-2H3. The predicted molar refractivity (Wildman–Crippen MR) is 86.9 cm³/mol. The largest absolute Gasteiger partial charge is 0.492 e. The van der Waals surface area contributed by atoms with Crippen molar-refractivity contribution in [1.29, 1.82) is 0 Å². The molecule has 1 aromatic heterocycles. The molecule has 116 valence electrons. The van der Waals surface area contributed by atoms with Gasteiger partial charge in [0.1, 0.15) is 24.7 Å². The van der Waals surface area contributed by atoms with E-state index >= 15 is 0 Å². The second-order valence-corrected chi connectivity index (χ2v) is 6.18. The summed E-state index contributed by atoms with van der Waals surface area (Å²) < 4.78 is 11.6. The lowest BCUT2D eigenvalue weighted by Gasteiger charge is -2.21. The van der Waals surface area contributed by atoms with Gasteiger partial charge in [-0.3, -0.25) is 4.98 Å². The van der Waals surface area contributed by atoms with Crippen LogP contribution in [0.1, 0.15) is 25.8 Å². The van der Waals surface area contributed by atoms with Gasteiger partial charge in [-0.05, 0) is 36.1 Å². The summed E-state index contributed by atoms with van der Waals surface area (Å²) >= 11 is 0. The summed E-state index contributed by atoms with van der Waals surface area (Å²) in [6.07, 6.45) is 4.62. The minimum absolute atomic E-state index is 0.0590. The molecule has 2 heterocycles. The summed E-state index contributed by atoms with van der Waals surface area (Å²) in [5, 5.41) is 0. The van der Waals surface area contributed by atoms with E-state index in [-0.39, 0.29) is 6.04 Å². The quantitative estimate of drug-likeness (QED) is 0.919. The van der Waals surface area contributed by atoms with Gasteiger partial charge in [-0.15, -0.1) is 0 Å². The third-order valence-corrected chi connectivity index (χ3v) is 3.77. The Bertz CT molecular complexity index is 655. The number of fused-ring (bicyclic) bond motifs is 3. The van der Waals surface area contributed by atoms with Crippen LogP contribution in [0.5, 0.6) is 11.5 Å². The van der Waals surface area contributed by atoms with E-state index in [4.69, 9.17) is 15.2 Å². The van der Waals surface area contributed by atoms with Gasteiger partial charge in [-0.2, -0.15) is 0 Å². The predicted octanol–water partition coefficient (Wildman–Crippen LogP) is 3.39. The van der Waals surface area contributed by atoms with Gasteiger partial charge in [-0.25, -0.2) is 0 Å². The maximum Gasteiger partial charge on any atom is 0.131 e. The summed E-state index contributed by atoms with van der Waals surface area (Å²) in [4.78, 5) is 4.14. The molecule has 0 fully saturated rings. The van der Waals surface area contributed by atoms with Gasteiger partial charge >= 0.3 is 0 Å². The molecule has 0 amide bonds. The van der Waals surface area contributed by atoms with E-state index in [1.54, 1.807) is 0 Å². The molecule has 4 heteroatoms. The average Bonchev–Trinajstić information content (AvgIpc) is 2.52. The molecule has 3 rings (SSSR count). The van der Waals surface area contributed by atoms with Crippen LogP contribution in [0.25, 0.3) is 11.1 Å². The Labute approximate surface area is 131 Å². The number of aromatic nitrogens is 1. The monoisotopic (exact) mass is 298 g/mol. The molecular formula is C18H22N2O2. The van der Waals surface area contributed by atoms with Crippen molar-refractivity contribution in [2.75, 3.05) is 6.61 Å². The van der Waals surface area contributed by atoms with Crippen LogP contribution < -0.4 is 15.2 Å². The molecule has 0 radical (unpaired) electrons. The molecule has 1 atom stereocenters. The third-order valence-electron chi connectivity index (χ3n) is 3.77. The summed E-state index contributed by atoms with van der Waals surface area (Å²) in [5.41, 5.74) is 9.44. The normalized spacial score (nSPS) is 14.0. The number of nitrogens with zero attached hydrogens (tertiary/aromatic N) is 1. The number of nitrogens with two attached hydrogens (primary N) is 1. The lowest BCUT2D eigenvalue weighted by Crippen LogP contribution is -2.29. The second-order valence-electron chi connectivity index (χ2n) is 6.18. The molecule has 0 bridgehead atoms. The van der Waals surface area contributed by atoms with Gasteiger partial charge in [0, 0.05) is 35.6 Å². The maximum atomic E-state index is 6.06. The number of benzene rings is 1. The minimum atomic E-state index is 0.0590. The van der Waals surface area contributed by atoms with Crippen LogP contribution in [-0.4, -0.2) is 17.6 Å². The van der Waals surface area contributed by atoms with Crippen molar-refractivity contribution in [3.8, 4) is 22.6 Å². The molecular weight excluding hydrogens is 276 g/mol. The van der Waals surface area contributed by atoms with Crippen LogP contribution in [0.3, 0.4) is 0 Å². The highest BCUT2D eigenvalue weighted by Crippen LogP contribution is 2.39. The zero-order valence-corrected chi connectivity index (χ0v) is 13.1. The van der Waals surface area contributed by atoms with Crippen molar-refractivity contribution >= 4 is 0 Å². The first-order valence-electron chi connectivity index (χ1n) is 7.72. The summed E-state index contributed by atoms with van der Waals surface area (Å²) in [5.74, 6) is 2.24. The van der Waals surface area contributed by atoms with Crippen molar-refractivity contribution in [1.82, 2.24) is 4.98 Å². The van der Waals surface area contributed by atoms with Crippen LogP contribution in [0.15, 0.2) is 36.7 Å². The second kappa shape index (κ2) is 6.36. The fourth-order valence-corrected chi connectivity index (χ4v) is 2.77. The Kier molecular flexibility index (Phi) is 4.29. The Balaban J connectivity index is 1.73. The van der Waals surface area contributed by atoms with E-state index in [1.807, 2.05) is 36.7 Å². The summed E-state index contributed by atoms with van der Waals surface area (Å²) in [6.45, 7) is 5.40. The number of ether oxygens (including phenoxy) is 2. The van der Waals surface area contributed by atoms with Gasteiger partial charge in [0.05, 0.1) is 0 Å². The van der Waals surface area contributed by atoms with Crippen molar-refractivity contribution < 1.29 is 9.47 Å². The van der Waals surface area contributed by atoms with Crippen LogP contribution in [0, 0.1) is 5.92 Å². The first-order chi connectivity index (χ1) is 10.6. The highest BCUT2D eigenvalue weighted by molar-refractivity contribution is 5.75. The maximum absolute atomic E-state index is 6.06. The lowest BCUT2D eigenvalue weighted by molar-refractivity contribution is 0.265. The molecule has 0 aliphatic carbocycles. The fourth-order valence-electron chi connectivity index (χ4n) is 2.77. The average molecular weight is 298 g/mol. The third kappa shape index (κ3) is 3.22. The van der Waals surface area contributed by atoms with Crippen molar-refractivity contribution in [3.05, 3.63) is 42.2 Å². The Morgan fingerprint density at radius 3 is 2.95 bits per heavy atom. The molecule has 1 unspecified atom stereocenters.